The van der Waals surface area contributed by atoms with E-state index in [1.807, 2.05) is 6.07 Å². The number of pyridine rings is 1. The Hall–Kier alpha value is -2.35. The molecular weight excluding hydrogens is 260 g/mol. The Kier molecular flexibility index (Phi) is 3.38. The van der Waals surface area contributed by atoms with Crippen LogP contribution in [0.5, 0.6) is 0 Å². The summed E-state index contributed by atoms with van der Waals surface area (Å²) in [5, 5.41) is 18.9. The van der Waals surface area contributed by atoms with E-state index < -0.39 is 5.41 Å². The van der Waals surface area contributed by atoms with Crippen LogP contribution in [0.15, 0.2) is 18.5 Å². The fraction of sp³-hybridized carbons (Fsp3) is 0.471. The third kappa shape index (κ3) is 2.17. The Morgan fingerprint density at radius 3 is 2.57 bits per heavy atom. The van der Waals surface area contributed by atoms with Crippen molar-refractivity contribution in [2.45, 2.75) is 43.2 Å². The first-order chi connectivity index (χ1) is 10.2. The fourth-order valence-corrected chi connectivity index (χ4v) is 3.86. The number of hydrogen-bond acceptors (Lipinski definition) is 4. The van der Waals surface area contributed by atoms with Crippen molar-refractivity contribution >= 4 is 0 Å². The van der Waals surface area contributed by atoms with E-state index in [1.165, 1.54) is 6.20 Å². The highest BCUT2D eigenvalue weighted by molar-refractivity contribution is 5.39. The molecule has 0 radical (unpaired) electrons. The van der Waals surface area contributed by atoms with Gasteiger partial charge in [0.1, 0.15) is 6.07 Å². The van der Waals surface area contributed by atoms with Gasteiger partial charge in [0.05, 0.1) is 23.6 Å². The van der Waals surface area contributed by atoms with Crippen molar-refractivity contribution in [3.8, 4) is 24.5 Å². The van der Waals surface area contributed by atoms with Crippen LogP contribution in [-0.2, 0) is 5.41 Å². The van der Waals surface area contributed by atoms with Gasteiger partial charge in [0.2, 0.25) is 0 Å². The second-order valence-electron chi connectivity index (χ2n) is 5.94. The van der Waals surface area contributed by atoms with Crippen LogP contribution in [0.4, 0.5) is 0 Å². The first-order valence-corrected chi connectivity index (χ1v) is 7.18. The zero-order chi connectivity index (χ0) is 14.9. The smallest absolute Gasteiger partial charge is 0.101 e. The Bertz CT molecular complexity index is 659. The summed E-state index contributed by atoms with van der Waals surface area (Å²) in [5.74, 6) is 2.73. The third-order valence-corrected chi connectivity index (χ3v) is 4.85. The summed E-state index contributed by atoms with van der Waals surface area (Å²) in [6.07, 6.45) is 12.5. The summed E-state index contributed by atoms with van der Waals surface area (Å²) in [6, 6.07) is 7.17. The maximum absolute atomic E-state index is 9.82. The average Bonchev–Trinajstić information content (AvgIpc) is 2.78. The minimum Gasteiger partial charge on any atom is -0.286 e. The normalized spacial score (nSPS) is 31.1. The number of piperidine rings is 1. The van der Waals surface area contributed by atoms with E-state index in [0.29, 0.717) is 24.2 Å². The number of terminal acetylenes is 1. The predicted octanol–water partition coefficient (Wildman–Crippen LogP) is 1.97. The number of rotatable bonds is 2. The first-order valence-electron chi connectivity index (χ1n) is 7.18. The monoisotopic (exact) mass is 276 g/mol. The zero-order valence-corrected chi connectivity index (χ0v) is 11.8. The van der Waals surface area contributed by atoms with Crippen molar-refractivity contribution < 1.29 is 0 Å². The molecule has 0 aliphatic carbocycles. The summed E-state index contributed by atoms with van der Waals surface area (Å²) in [6.45, 7) is 0.660. The van der Waals surface area contributed by atoms with E-state index in [1.54, 1.807) is 6.20 Å². The lowest BCUT2D eigenvalue weighted by molar-refractivity contribution is 0.121. The molecule has 1 aromatic rings. The van der Waals surface area contributed by atoms with Gasteiger partial charge >= 0.3 is 0 Å². The molecule has 0 spiro atoms. The topological polar surface area (TPSA) is 63.7 Å². The molecule has 0 amide bonds. The quantitative estimate of drug-likeness (QED) is 0.775. The fourth-order valence-electron chi connectivity index (χ4n) is 3.86. The van der Waals surface area contributed by atoms with Crippen LogP contribution in [-0.4, -0.2) is 28.5 Å². The Labute approximate surface area is 125 Å². The van der Waals surface area contributed by atoms with Crippen molar-refractivity contribution in [3.05, 3.63) is 29.6 Å². The molecule has 2 fully saturated rings. The molecule has 2 aliphatic rings. The Morgan fingerprint density at radius 2 is 2.00 bits per heavy atom. The summed E-state index contributed by atoms with van der Waals surface area (Å²) in [7, 11) is 0. The molecule has 2 unspecified atom stereocenters. The van der Waals surface area contributed by atoms with Crippen molar-refractivity contribution in [1.29, 1.82) is 10.5 Å². The first kappa shape index (κ1) is 13.6. The molecular formula is C17H16N4. The standard InChI is InChI=1S/C17H16N4/c1-2-5-21-15-3-4-16(21)8-17(7-15,12-19)14-6-13(9-18)10-20-11-14/h1,6,10-11,15-16H,3-5,7-8H2. The molecule has 0 aromatic carbocycles. The van der Waals surface area contributed by atoms with Crippen LogP contribution in [0, 0.1) is 35.0 Å². The molecule has 2 bridgehead atoms. The molecule has 0 saturated carbocycles. The van der Waals surface area contributed by atoms with Crippen LogP contribution in [0.2, 0.25) is 0 Å². The molecule has 21 heavy (non-hydrogen) atoms. The van der Waals surface area contributed by atoms with Crippen molar-refractivity contribution in [2.24, 2.45) is 0 Å². The van der Waals surface area contributed by atoms with Crippen LogP contribution in [0.1, 0.15) is 36.8 Å². The van der Waals surface area contributed by atoms with Crippen LogP contribution < -0.4 is 0 Å². The van der Waals surface area contributed by atoms with E-state index in [2.05, 4.69) is 27.9 Å². The minimum atomic E-state index is -0.531. The van der Waals surface area contributed by atoms with Gasteiger partial charge in [0, 0.05) is 24.5 Å². The van der Waals surface area contributed by atoms with Crippen molar-refractivity contribution in [3.63, 3.8) is 0 Å². The highest BCUT2D eigenvalue weighted by Crippen LogP contribution is 2.46. The predicted molar refractivity (Wildman–Crippen MR) is 77.8 cm³/mol. The van der Waals surface area contributed by atoms with Gasteiger partial charge in [-0.1, -0.05) is 5.92 Å². The Balaban J connectivity index is 1.96. The van der Waals surface area contributed by atoms with Gasteiger partial charge < -0.3 is 0 Å². The van der Waals surface area contributed by atoms with Crippen molar-refractivity contribution in [1.82, 2.24) is 9.88 Å². The number of nitrogens with zero attached hydrogens (tertiary/aromatic N) is 4. The highest BCUT2D eigenvalue weighted by atomic mass is 15.2. The molecule has 3 rings (SSSR count). The molecule has 2 aliphatic heterocycles. The molecule has 4 nitrogen and oxygen atoms in total. The summed E-state index contributed by atoms with van der Waals surface area (Å²) < 4.78 is 0. The van der Waals surface area contributed by atoms with Gasteiger partial charge in [-0.15, -0.1) is 6.42 Å². The van der Waals surface area contributed by atoms with Crippen LogP contribution in [0.25, 0.3) is 0 Å². The van der Waals surface area contributed by atoms with E-state index in [4.69, 9.17) is 11.7 Å². The largest absolute Gasteiger partial charge is 0.286 e. The second-order valence-corrected chi connectivity index (χ2v) is 5.94. The number of fused-ring (bicyclic) bond motifs is 2. The highest BCUT2D eigenvalue weighted by Gasteiger charge is 2.49. The maximum Gasteiger partial charge on any atom is 0.101 e. The average molecular weight is 276 g/mol. The molecule has 2 atom stereocenters. The molecule has 4 heteroatoms. The van der Waals surface area contributed by atoms with Gasteiger partial charge in [-0.05, 0) is 37.3 Å². The lowest BCUT2D eigenvalue weighted by atomic mass is 9.71. The summed E-state index contributed by atoms with van der Waals surface area (Å²) in [4.78, 5) is 6.49. The van der Waals surface area contributed by atoms with E-state index in [9.17, 15) is 5.26 Å². The van der Waals surface area contributed by atoms with E-state index >= 15 is 0 Å². The molecule has 1 aromatic heterocycles. The van der Waals surface area contributed by atoms with Gasteiger partial charge in [-0.25, -0.2) is 0 Å². The summed E-state index contributed by atoms with van der Waals surface area (Å²) >= 11 is 0. The van der Waals surface area contributed by atoms with Gasteiger partial charge in [0.25, 0.3) is 0 Å². The van der Waals surface area contributed by atoms with Gasteiger partial charge in [-0.3, -0.25) is 9.88 Å². The molecule has 3 heterocycles. The summed E-state index contributed by atoms with van der Waals surface area (Å²) in [5.41, 5.74) is 0.860. The lowest BCUT2D eigenvalue weighted by Gasteiger charge is -2.42. The molecule has 2 saturated heterocycles. The van der Waals surface area contributed by atoms with Crippen LogP contribution >= 0.6 is 0 Å². The van der Waals surface area contributed by atoms with E-state index in [0.717, 1.165) is 31.2 Å². The third-order valence-electron chi connectivity index (χ3n) is 4.85. The number of hydrogen-bond donors (Lipinski definition) is 0. The number of nitriles is 2. The lowest BCUT2D eigenvalue weighted by Crippen LogP contribution is -2.49. The number of aromatic nitrogens is 1. The maximum atomic E-state index is 9.82. The van der Waals surface area contributed by atoms with Crippen LogP contribution in [0.3, 0.4) is 0 Å². The van der Waals surface area contributed by atoms with Gasteiger partial charge in [-0.2, -0.15) is 10.5 Å². The zero-order valence-electron chi connectivity index (χ0n) is 11.8. The van der Waals surface area contributed by atoms with E-state index in [-0.39, 0.29) is 0 Å². The Morgan fingerprint density at radius 1 is 1.29 bits per heavy atom. The SMILES string of the molecule is C#CCN1C2CCC1CC(C#N)(c1cncc(C#N)c1)C2. The van der Waals surface area contributed by atoms with Gasteiger partial charge in [0.15, 0.2) is 0 Å². The minimum absolute atomic E-state index is 0.366. The molecule has 104 valence electrons. The van der Waals surface area contributed by atoms with Crippen molar-refractivity contribution in [2.75, 3.05) is 6.54 Å². The molecule has 0 N–H and O–H groups in total. The second kappa shape index (κ2) is 5.21.